The van der Waals surface area contributed by atoms with Crippen LogP contribution in [-0.4, -0.2) is 49.0 Å². The Morgan fingerprint density at radius 1 is 1.14 bits per heavy atom. The number of carbonyl (C=O) groups excluding carboxylic acids is 1. The van der Waals surface area contributed by atoms with E-state index in [0.29, 0.717) is 24.9 Å². The third-order valence-electron chi connectivity index (χ3n) is 4.99. The van der Waals surface area contributed by atoms with E-state index in [-0.39, 0.29) is 5.91 Å². The molecule has 1 aliphatic rings. The largest absolute Gasteiger partial charge is 0.497 e. The molecule has 1 fully saturated rings. The Bertz CT molecular complexity index is 749. The van der Waals surface area contributed by atoms with Crippen molar-refractivity contribution >= 4 is 11.7 Å². The van der Waals surface area contributed by atoms with Gasteiger partial charge in [-0.05, 0) is 62.1 Å². The lowest BCUT2D eigenvalue weighted by Crippen LogP contribution is -2.39. The molecule has 1 unspecified atom stereocenters. The molecule has 7 nitrogen and oxygen atoms in total. The predicted molar refractivity (Wildman–Crippen MR) is 108 cm³/mol. The second-order valence-electron chi connectivity index (χ2n) is 6.81. The van der Waals surface area contributed by atoms with E-state index in [2.05, 4.69) is 27.3 Å². The summed E-state index contributed by atoms with van der Waals surface area (Å²) in [6.45, 7) is 3.96. The number of amides is 1. The van der Waals surface area contributed by atoms with Crippen LogP contribution in [0.15, 0.2) is 36.4 Å². The van der Waals surface area contributed by atoms with Crippen LogP contribution in [0.25, 0.3) is 0 Å². The molecule has 1 aromatic carbocycles. The maximum Gasteiger partial charge on any atom is 0.271 e. The lowest BCUT2D eigenvalue weighted by molar-refractivity contribution is 0.0941. The van der Waals surface area contributed by atoms with Crippen molar-refractivity contribution in [3.05, 3.63) is 42.1 Å². The van der Waals surface area contributed by atoms with Crippen LogP contribution in [0.3, 0.4) is 0 Å². The maximum atomic E-state index is 12.2. The van der Waals surface area contributed by atoms with Crippen molar-refractivity contribution in [2.75, 3.05) is 31.7 Å². The predicted octanol–water partition coefficient (Wildman–Crippen LogP) is 3.06. The highest BCUT2D eigenvalue weighted by Crippen LogP contribution is 2.24. The minimum atomic E-state index is -0.247. The number of benzene rings is 1. The summed E-state index contributed by atoms with van der Waals surface area (Å²) in [5.74, 6) is 2.11. The number of rotatable bonds is 8. The molecule has 3 rings (SSSR count). The van der Waals surface area contributed by atoms with Crippen LogP contribution in [0.5, 0.6) is 11.5 Å². The highest BCUT2D eigenvalue weighted by Gasteiger charge is 2.22. The Labute approximate surface area is 166 Å². The number of hydrogen-bond acceptors (Lipinski definition) is 6. The number of methoxy groups -OCH3 is 1. The number of anilines is 1. The average Bonchev–Trinajstić information content (AvgIpc) is 2.77. The second-order valence-corrected chi connectivity index (χ2v) is 6.81. The smallest absolute Gasteiger partial charge is 0.271 e. The van der Waals surface area contributed by atoms with Gasteiger partial charge in [0.1, 0.15) is 18.1 Å². The van der Waals surface area contributed by atoms with Gasteiger partial charge < -0.3 is 19.7 Å². The van der Waals surface area contributed by atoms with Gasteiger partial charge in [-0.1, -0.05) is 6.92 Å². The number of nitrogens with one attached hydrogen (secondary N) is 1. The molecule has 2 aromatic rings. The number of hydrogen-bond donors (Lipinski definition) is 1. The SMILES string of the molecule is CCC1CCCCN1c1ccc(C(=O)NCCOc2ccc(OC)cc2)nn1. The molecule has 2 heterocycles. The third kappa shape index (κ3) is 5.12. The zero-order valence-corrected chi connectivity index (χ0v) is 16.6. The minimum Gasteiger partial charge on any atom is -0.497 e. The van der Waals surface area contributed by atoms with Gasteiger partial charge in [-0.25, -0.2) is 0 Å². The first-order valence-electron chi connectivity index (χ1n) is 9.86. The molecule has 1 aromatic heterocycles. The van der Waals surface area contributed by atoms with E-state index in [1.165, 1.54) is 19.3 Å². The van der Waals surface area contributed by atoms with Gasteiger partial charge in [-0.3, -0.25) is 4.79 Å². The zero-order chi connectivity index (χ0) is 19.8. The molecule has 1 saturated heterocycles. The summed E-state index contributed by atoms with van der Waals surface area (Å²) in [5.41, 5.74) is 0.318. The molecule has 7 heteroatoms. The average molecular weight is 384 g/mol. The van der Waals surface area contributed by atoms with Crippen molar-refractivity contribution in [2.24, 2.45) is 0 Å². The van der Waals surface area contributed by atoms with E-state index < -0.39 is 0 Å². The molecule has 28 heavy (non-hydrogen) atoms. The summed E-state index contributed by atoms with van der Waals surface area (Å²) in [6.07, 6.45) is 4.73. The van der Waals surface area contributed by atoms with Crippen molar-refractivity contribution < 1.29 is 14.3 Å². The van der Waals surface area contributed by atoms with Crippen LogP contribution in [-0.2, 0) is 0 Å². The Morgan fingerprint density at radius 3 is 2.61 bits per heavy atom. The monoisotopic (exact) mass is 384 g/mol. The molecule has 1 aliphatic heterocycles. The number of nitrogens with zero attached hydrogens (tertiary/aromatic N) is 3. The normalized spacial score (nSPS) is 16.5. The van der Waals surface area contributed by atoms with Gasteiger partial charge in [-0.15, -0.1) is 10.2 Å². The quantitative estimate of drug-likeness (QED) is 0.705. The van der Waals surface area contributed by atoms with Gasteiger partial charge in [0.2, 0.25) is 0 Å². The van der Waals surface area contributed by atoms with Crippen molar-refractivity contribution in [2.45, 2.75) is 38.6 Å². The lowest BCUT2D eigenvalue weighted by atomic mass is 10.0. The minimum absolute atomic E-state index is 0.247. The molecule has 0 radical (unpaired) electrons. The maximum absolute atomic E-state index is 12.2. The van der Waals surface area contributed by atoms with Gasteiger partial charge in [0.05, 0.1) is 13.7 Å². The Kier molecular flexibility index (Phi) is 7.06. The molecule has 0 aliphatic carbocycles. The van der Waals surface area contributed by atoms with Crippen molar-refractivity contribution in [3.63, 3.8) is 0 Å². The summed E-state index contributed by atoms with van der Waals surface area (Å²) in [5, 5.41) is 11.2. The number of aromatic nitrogens is 2. The van der Waals surface area contributed by atoms with Crippen LogP contribution in [0, 0.1) is 0 Å². The fourth-order valence-electron chi connectivity index (χ4n) is 3.42. The van der Waals surface area contributed by atoms with Crippen molar-refractivity contribution in [1.82, 2.24) is 15.5 Å². The van der Waals surface area contributed by atoms with Gasteiger partial charge in [-0.2, -0.15) is 0 Å². The Morgan fingerprint density at radius 2 is 1.93 bits per heavy atom. The Balaban J connectivity index is 1.46. The van der Waals surface area contributed by atoms with E-state index in [4.69, 9.17) is 9.47 Å². The molecule has 1 atom stereocenters. The van der Waals surface area contributed by atoms with E-state index in [0.717, 1.165) is 30.3 Å². The summed E-state index contributed by atoms with van der Waals surface area (Å²) in [4.78, 5) is 14.6. The van der Waals surface area contributed by atoms with Gasteiger partial charge in [0.25, 0.3) is 5.91 Å². The summed E-state index contributed by atoms with van der Waals surface area (Å²) < 4.78 is 10.7. The van der Waals surface area contributed by atoms with Crippen LogP contribution in [0.2, 0.25) is 0 Å². The lowest BCUT2D eigenvalue weighted by Gasteiger charge is -2.35. The molecular formula is C21H28N4O3. The van der Waals surface area contributed by atoms with Crippen molar-refractivity contribution in [3.8, 4) is 11.5 Å². The van der Waals surface area contributed by atoms with Crippen molar-refractivity contribution in [1.29, 1.82) is 0 Å². The molecular weight excluding hydrogens is 356 g/mol. The molecule has 0 bridgehead atoms. The van der Waals surface area contributed by atoms with Gasteiger partial charge >= 0.3 is 0 Å². The Hall–Kier alpha value is -2.83. The van der Waals surface area contributed by atoms with E-state index in [9.17, 15) is 4.79 Å². The number of ether oxygens (including phenoxy) is 2. The second kappa shape index (κ2) is 9.92. The van der Waals surface area contributed by atoms with E-state index in [1.54, 1.807) is 13.2 Å². The topological polar surface area (TPSA) is 76.6 Å². The highest BCUT2D eigenvalue weighted by molar-refractivity contribution is 5.92. The van der Waals surface area contributed by atoms with Crippen LogP contribution >= 0.6 is 0 Å². The number of piperidine rings is 1. The summed E-state index contributed by atoms with van der Waals surface area (Å²) in [7, 11) is 1.62. The van der Waals surface area contributed by atoms with Crippen LogP contribution < -0.4 is 19.7 Å². The molecule has 1 amide bonds. The van der Waals surface area contributed by atoms with Crippen LogP contribution in [0.1, 0.15) is 43.1 Å². The van der Waals surface area contributed by atoms with E-state index >= 15 is 0 Å². The van der Waals surface area contributed by atoms with E-state index in [1.807, 2.05) is 30.3 Å². The molecule has 0 spiro atoms. The first-order valence-corrected chi connectivity index (χ1v) is 9.86. The fraction of sp³-hybridized carbons (Fsp3) is 0.476. The molecule has 150 valence electrons. The third-order valence-corrected chi connectivity index (χ3v) is 4.99. The standard InChI is InChI=1S/C21H28N4O3/c1-3-16-6-4-5-14-25(16)20-12-11-19(23-24-20)21(26)22-13-15-28-18-9-7-17(27-2)8-10-18/h7-12,16H,3-6,13-15H2,1-2H3,(H,22,26). The first kappa shape index (κ1) is 19.9. The van der Waals surface area contributed by atoms with Crippen LogP contribution in [0.4, 0.5) is 5.82 Å². The first-order chi connectivity index (χ1) is 13.7. The van der Waals surface area contributed by atoms with Gasteiger partial charge in [0, 0.05) is 12.6 Å². The zero-order valence-electron chi connectivity index (χ0n) is 16.6. The summed E-state index contributed by atoms with van der Waals surface area (Å²) >= 11 is 0. The summed E-state index contributed by atoms with van der Waals surface area (Å²) in [6, 6.07) is 11.5. The van der Waals surface area contributed by atoms with Gasteiger partial charge in [0.15, 0.2) is 11.5 Å². The highest BCUT2D eigenvalue weighted by atomic mass is 16.5. The molecule has 1 N–H and O–H groups in total. The molecule has 0 saturated carbocycles. The fourth-order valence-corrected chi connectivity index (χ4v) is 3.42. The number of carbonyl (C=O) groups is 1.